The van der Waals surface area contributed by atoms with E-state index in [1.165, 1.54) is 30.5 Å². The van der Waals surface area contributed by atoms with Gasteiger partial charge in [-0.15, -0.1) is 0 Å². The van der Waals surface area contributed by atoms with Crippen LogP contribution in [-0.4, -0.2) is 37.0 Å². The normalized spacial score (nSPS) is 11.2. The lowest BCUT2D eigenvalue weighted by atomic mass is 10.1. The topological polar surface area (TPSA) is 117 Å². The number of nitro groups is 1. The van der Waals surface area contributed by atoms with Crippen molar-refractivity contribution in [3.63, 3.8) is 0 Å². The molecule has 0 saturated carbocycles. The highest BCUT2D eigenvalue weighted by Crippen LogP contribution is 2.15. The van der Waals surface area contributed by atoms with Gasteiger partial charge < -0.3 is 10.2 Å². The molecule has 3 aromatic carbocycles. The summed E-state index contributed by atoms with van der Waals surface area (Å²) in [6.45, 7) is 0. The summed E-state index contributed by atoms with van der Waals surface area (Å²) in [5.74, 6) is -1.06. The molecular formula is C25H23N5O4. The molecule has 9 heteroatoms. The van der Waals surface area contributed by atoms with E-state index in [-0.39, 0.29) is 11.4 Å². The molecular weight excluding hydrogens is 434 g/mol. The Bertz CT molecular complexity index is 1220. The van der Waals surface area contributed by atoms with Crippen LogP contribution in [0.4, 0.5) is 11.4 Å². The van der Waals surface area contributed by atoms with E-state index in [0.717, 1.165) is 5.69 Å². The standard InChI is InChI=1S/C25H23N5O4/c1-29(2)21-12-8-18(9-13-21)16-23(27-24(31)20-6-4-3-5-7-20)25(32)28-26-17-19-10-14-22(15-11-19)30(33)34/h3-17H,1-2H3,(H,27,31)(H,28,32)/b23-16-,26-17-. The van der Waals surface area contributed by atoms with Crippen molar-refractivity contribution in [3.05, 3.63) is 111 Å². The van der Waals surface area contributed by atoms with Gasteiger partial charge in [0.05, 0.1) is 11.1 Å². The van der Waals surface area contributed by atoms with Crippen LogP contribution in [-0.2, 0) is 4.79 Å². The Labute approximate surface area is 196 Å². The molecule has 0 spiro atoms. The van der Waals surface area contributed by atoms with Crippen LogP contribution in [0.25, 0.3) is 6.08 Å². The number of hydrogen-bond donors (Lipinski definition) is 2. The maximum atomic E-state index is 12.8. The number of benzene rings is 3. The van der Waals surface area contributed by atoms with E-state index in [1.54, 1.807) is 36.4 Å². The molecule has 3 rings (SSSR count). The van der Waals surface area contributed by atoms with Crippen LogP contribution in [0.2, 0.25) is 0 Å². The fourth-order valence-corrected chi connectivity index (χ4v) is 2.89. The van der Waals surface area contributed by atoms with E-state index < -0.39 is 16.7 Å². The lowest BCUT2D eigenvalue weighted by molar-refractivity contribution is -0.384. The zero-order valence-electron chi connectivity index (χ0n) is 18.6. The molecule has 0 bridgehead atoms. The summed E-state index contributed by atoms with van der Waals surface area (Å²) in [6.07, 6.45) is 2.90. The lowest BCUT2D eigenvalue weighted by Crippen LogP contribution is -2.32. The molecule has 0 aliphatic carbocycles. The molecule has 2 N–H and O–H groups in total. The van der Waals surface area contributed by atoms with Crippen LogP contribution >= 0.6 is 0 Å². The van der Waals surface area contributed by atoms with Gasteiger partial charge in [0.1, 0.15) is 5.70 Å². The summed E-state index contributed by atoms with van der Waals surface area (Å²) in [7, 11) is 3.85. The third kappa shape index (κ3) is 6.60. The molecule has 0 atom stereocenters. The first-order valence-corrected chi connectivity index (χ1v) is 10.3. The van der Waals surface area contributed by atoms with E-state index in [9.17, 15) is 19.7 Å². The number of carbonyl (C=O) groups excluding carboxylic acids is 2. The molecule has 0 radical (unpaired) electrons. The van der Waals surface area contributed by atoms with Crippen molar-refractivity contribution in [2.45, 2.75) is 0 Å². The number of non-ortho nitro benzene ring substituents is 1. The summed E-state index contributed by atoms with van der Waals surface area (Å²) >= 11 is 0. The third-order valence-corrected chi connectivity index (χ3v) is 4.73. The monoisotopic (exact) mass is 457 g/mol. The van der Waals surface area contributed by atoms with Crippen LogP contribution in [0.1, 0.15) is 21.5 Å². The van der Waals surface area contributed by atoms with E-state index in [1.807, 2.05) is 43.3 Å². The zero-order valence-corrected chi connectivity index (χ0v) is 18.6. The van der Waals surface area contributed by atoms with E-state index in [4.69, 9.17) is 0 Å². The molecule has 3 aromatic rings. The van der Waals surface area contributed by atoms with Crippen LogP contribution in [0.3, 0.4) is 0 Å². The van der Waals surface area contributed by atoms with E-state index in [2.05, 4.69) is 15.8 Å². The number of nitrogens with zero attached hydrogens (tertiary/aromatic N) is 3. The maximum absolute atomic E-state index is 12.8. The predicted octanol–water partition coefficient (Wildman–Crippen LogP) is 3.58. The minimum atomic E-state index is -0.626. The summed E-state index contributed by atoms with van der Waals surface area (Å²) in [5.41, 5.74) is 5.00. The highest BCUT2D eigenvalue weighted by atomic mass is 16.6. The number of carbonyl (C=O) groups is 2. The predicted molar refractivity (Wildman–Crippen MR) is 131 cm³/mol. The number of nitrogens with one attached hydrogen (secondary N) is 2. The smallest absolute Gasteiger partial charge is 0.287 e. The first-order valence-electron chi connectivity index (χ1n) is 10.3. The molecule has 0 fully saturated rings. The van der Waals surface area contributed by atoms with Crippen LogP contribution in [0.5, 0.6) is 0 Å². The first kappa shape index (κ1) is 23.9. The molecule has 0 aliphatic rings. The van der Waals surface area contributed by atoms with Gasteiger partial charge in [0.25, 0.3) is 17.5 Å². The van der Waals surface area contributed by atoms with Crippen molar-refractivity contribution in [1.29, 1.82) is 0 Å². The second-order valence-corrected chi connectivity index (χ2v) is 7.41. The Balaban J connectivity index is 1.79. The number of anilines is 1. The van der Waals surface area contributed by atoms with Gasteiger partial charge in [-0.3, -0.25) is 19.7 Å². The van der Waals surface area contributed by atoms with Gasteiger partial charge >= 0.3 is 0 Å². The van der Waals surface area contributed by atoms with E-state index >= 15 is 0 Å². The molecule has 0 aromatic heterocycles. The summed E-state index contributed by atoms with van der Waals surface area (Å²) in [5, 5.41) is 17.3. The van der Waals surface area contributed by atoms with Crippen LogP contribution < -0.4 is 15.6 Å². The van der Waals surface area contributed by atoms with Gasteiger partial charge in [-0.1, -0.05) is 30.3 Å². The van der Waals surface area contributed by atoms with Gasteiger partial charge in [0, 0.05) is 37.5 Å². The Morgan fingerprint density at radius 3 is 2.12 bits per heavy atom. The first-order chi connectivity index (χ1) is 16.3. The van der Waals surface area contributed by atoms with Crippen LogP contribution in [0.15, 0.2) is 89.7 Å². The fourth-order valence-electron chi connectivity index (χ4n) is 2.89. The molecule has 172 valence electrons. The summed E-state index contributed by atoms with van der Waals surface area (Å²) in [4.78, 5) is 37.7. The van der Waals surface area contributed by atoms with Crippen molar-refractivity contribution in [2.24, 2.45) is 5.10 Å². The minimum absolute atomic E-state index is 0.00676. The van der Waals surface area contributed by atoms with Crippen molar-refractivity contribution in [1.82, 2.24) is 10.7 Å². The maximum Gasteiger partial charge on any atom is 0.287 e. The fraction of sp³-hybridized carbons (Fsp3) is 0.0800. The van der Waals surface area contributed by atoms with E-state index in [0.29, 0.717) is 16.7 Å². The third-order valence-electron chi connectivity index (χ3n) is 4.73. The average molecular weight is 457 g/mol. The van der Waals surface area contributed by atoms with Crippen molar-refractivity contribution >= 4 is 35.5 Å². The molecule has 2 amide bonds. The van der Waals surface area contributed by atoms with Gasteiger partial charge in [-0.25, -0.2) is 5.43 Å². The quantitative estimate of drug-likeness (QED) is 0.232. The minimum Gasteiger partial charge on any atom is -0.378 e. The Morgan fingerprint density at radius 1 is 0.912 bits per heavy atom. The molecule has 34 heavy (non-hydrogen) atoms. The van der Waals surface area contributed by atoms with Gasteiger partial charge in [-0.2, -0.15) is 5.10 Å². The van der Waals surface area contributed by atoms with Gasteiger partial charge in [-0.05, 0) is 53.6 Å². The second-order valence-electron chi connectivity index (χ2n) is 7.41. The van der Waals surface area contributed by atoms with Gasteiger partial charge in [0.2, 0.25) is 0 Å². The molecule has 0 saturated heterocycles. The summed E-state index contributed by atoms with van der Waals surface area (Å²) in [6, 6.07) is 21.7. The highest BCUT2D eigenvalue weighted by Gasteiger charge is 2.14. The second kappa shape index (κ2) is 11.2. The lowest BCUT2D eigenvalue weighted by Gasteiger charge is -2.12. The molecule has 0 heterocycles. The number of hydrogen-bond acceptors (Lipinski definition) is 6. The van der Waals surface area contributed by atoms with Crippen molar-refractivity contribution < 1.29 is 14.5 Å². The molecule has 0 unspecified atom stereocenters. The highest BCUT2D eigenvalue weighted by molar-refractivity contribution is 6.05. The number of rotatable bonds is 8. The molecule has 9 nitrogen and oxygen atoms in total. The number of nitro benzene ring substituents is 1. The summed E-state index contributed by atoms with van der Waals surface area (Å²) < 4.78 is 0. The zero-order chi connectivity index (χ0) is 24.5. The number of amides is 2. The van der Waals surface area contributed by atoms with Crippen molar-refractivity contribution in [3.8, 4) is 0 Å². The molecule has 0 aliphatic heterocycles. The van der Waals surface area contributed by atoms with Crippen LogP contribution in [0, 0.1) is 10.1 Å². The van der Waals surface area contributed by atoms with Crippen molar-refractivity contribution in [2.75, 3.05) is 19.0 Å². The SMILES string of the molecule is CN(C)c1ccc(/C=C(\NC(=O)c2ccccc2)C(=O)N/N=C\c2ccc([N+](=O)[O-])cc2)cc1. The largest absolute Gasteiger partial charge is 0.378 e. The Hall–Kier alpha value is -4.79. The Kier molecular flexibility index (Phi) is 7.85. The number of hydrazone groups is 1. The average Bonchev–Trinajstić information content (AvgIpc) is 2.84. The van der Waals surface area contributed by atoms with Gasteiger partial charge in [0.15, 0.2) is 0 Å². The Morgan fingerprint density at radius 2 is 1.53 bits per heavy atom.